The monoisotopic (exact) mass is 300 g/mol. The molecule has 0 unspecified atom stereocenters. The Morgan fingerprint density at radius 3 is 2.77 bits per heavy atom. The van der Waals surface area contributed by atoms with Gasteiger partial charge in [0.2, 0.25) is 6.23 Å². The number of methoxy groups -OCH3 is 1. The van der Waals surface area contributed by atoms with Crippen LogP contribution in [0.2, 0.25) is 0 Å². The van der Waals surface area contributed by atoms with E-state index >= 15 is 0 Å². The first-order chi connectivity index (χ1) is 10.6. The van der Waals surface area contributed by atoms with Crippen molar-refractivity contribution < 1.29 is 19.2 Å². The zero-order valence-electron chi connectivity index (χ0n) is 11.6. The number of non-ortho nitro benzene ring substituents is 1. The summed E-state index contributed by atoms with van der Waals surface area (Å²) in [6.07, 6.45) is -0.654. The predicted octanol–water partition coefficient (Wildman–Crippen LogP) is 2.88. The lowest BCUT2D eigenvalue weighted by atomic mass is 10.1. The third-order valence-corrected chi connectivity index (χ3v) is 3.37. The van der Waals surface area contributed by atoms with Crippen LogP contribution >= 0.6 is 0 Å². The zero-order valence-corrected chi connectivity index (χ0v) is 11.6. The summed E-state index contributed by atoms with van der Waals surface area (Å²) in [5.74, 6) is -0.108. The molecule has 0 aliphatic carbocycles. The van der Waals surface area contributed by atoms with Gasteiger partial charge in [0, 0.05) is 11.6 Å². The van der Waals surface area contributed by atoms with E-state index in [9.17, 15) is 14.9 Å². The average molecular weight is 300 g/mol. The summed E-state index contributed by atoms with van der Waals surface area (Å²) in [5, 5.41) is 13.8. The summed E-state index contributed by atoms with van der Waals surface area (Å²) in [4.78, 5) is 22.1. The second-order valence-corrected chi connectivity index (χ2v) is 4.66. The maximum Gasteiger partial charge on any atom is 0.340 e. The second-order valence-electron chi connectivity index (χ2n) is 4.66. The summed E-state index contributed by atoms with van der Waals surface area (Å²) >= 11 is 0. The minimum Gasteiger partial charge on any atom is -0.494 e. The first-order valence-electron chi connectivity index (χ1n) is 6.49. The Morgan fingerprint density at radius 1 is 1.27 bits per heavy atom. The molecule has 0 saturated carbocycles. The van der Waals surface area contributed by atoms with Crippen molar-refractivity contribution in [3.8, 4) is 5.75 Å². The molecule has 0 amide bonds. The number of benzene rings is 2. The van der Waals surface area contributed by atoms with E-state index in [-0.39, 0.29) is 5.69 Å². The molecule has 0 radical (unpaired) electrons. The summed E-state index contributed by atoms with van der Waals surface area (Å²) in [5.41, 5.74) is 1.64. The van der Waals surface area contributed by atoms with Gasteiger partial charge in [-0.1, -0.05) is 18.2 Å². The van der Waals surface area contributed by atoms with E-state index in [1.807, 2.05) is 6.07 Å². The fourth-order valence-electron chi connectivity index (χ4n) is 2.31. The number of nitro benzene ring substituents is 1. The van der Waals surface area contributed by atoms with Crippen LogP contribution in [0.4, 0.5) is 11.4 Å². The predicted molar refractivity (Wildman–Crippen MR) is 77.9 cm³/mol. The van der Waals surface area contributed by atoms with Gasteiger partial charge in [0.15, 0.2) is 0 Å². The molecule has 1 aliphatic heterocycles. The van der Waals surface area contributed by atoms with Gasteiger partial charge in [-0.25, -0.2) is 4.79 Å². The Balaban J connectivity index is 1.91. The lowest BCUT2D eigenvalue weighted by Gasteiger charge is -2.16. The number of nitro groups is 1. The molecule has 0 aromatic heterocycles. The lowest BCUT2D eigenvalue weighted by Crippen LogP contribution is -2.11. The fraction of sp³-hybridized carbons (Fsp3) is 0.133. The summed E-state index contributed by atoms with van der Waals surface area (Å²) in [6, 6.07) is 11.2. The van der Waals surface area contributed by atoms with Crippen molar-refractivity contribution in [1.82, 2.24) is 0 Å². The number of esters is 1. The third-order valence-electron chi connectivity index (χ3n) is 3.37. The van der Waals surface area contributed by atoms with Crippen LogP contribution in [-0.2, 0) is 4.74 Å². The Labute approximate surface area is 125 Å². The number of hydrogen-bond acceptors (Lipinski definition) is 6. The van der Waals surface area contributed by atoms with Crippen LogP contribution in [0.15, 0.2) is 42.5 Å². The van der Waals surface area contributed by atoms with Gasteiger partial charge >= 0.3 is 5.97 Å². The van der Waals surface area contributed by atoms with E-state index in [0.29, 0.717) is 22.6 Å². The molecule has 1 heterocycles. The molecule has 22 heavy (non-hydrogen) atoms. The quantitative estimate of drug-likeness (QED) is 0.530. The topological polar surface area (TPSA) is 90.7 Å². The van der Waals surface area contributed by atoms with Crippen molar-refractivity contribution in [2.24, 2.45) is 0 Å². The van der Waals surface area contributed by atoms with Crippen LogP contribution in [0, 0.1) is 10.1 Å². The van der Waals surface area contributed by atoms with Crippen molar-refractivity contribution in [1.29, 1.82) is 0 Å². The molecule has 2 aromatic carbocycles. The maximum absolute atomic E-state index is 11.8. The fourth-order valence-corrected chi connectivity index (χ4v) is 2.31. The Morgan fingerprint density at radius 2 is 2.05 bits per heavy atom. The van der Waals surface area contributed by atoms with Crippen molar-refractivity contribution >= 4 is 17.3 Å². The molecule has 1 aliphatic rings. The summed E-state index contributed by atoms with van der Waals surface area (Å²) < 4.78 is 10.4. The van der Waals surface area contributed by atoms with Gasteiger partial charge in [0.05, 0.1) is 29.4 Å². The molecule has 0 spiro atoms. The molecular formula is C15H12N2O5. The van der Waals surface area contributed by atoms with E-state index in [2.05, 4.69) is 5.32 Å². The Kier molecular flexibility index (Phi) is 3.38. The molecule has 0 saturated heterocycles. The number of rotatable bonds is 4. The van der Waals surface area contributed by atoms with Gasteiger partial charge < -0.3 is 14.8 Å². The highest BCUT2D eigenvalue weighted by Crippen LogP contribution is 2.35. The van der Waals surface area contributed by atoms with E-state index in [1.165, 1.54) is 25.3 Å². The maximum atomic E-state index is 11.8. The Hall–Kier alpha value is -3.09. The third kappa shape index (κ3) is 2.32. The minimum atomic E-state index is -0.654. The van der Waals surface area contributed by atoms with Crippen LogP contribution in [0.1, 0.15) is 22.1 Å². The van der Waals surface area contributed by atoms with Crippen LogP contribution in [0.3, 0.4) is 0 Å². The van der Waals surface area contributed by atoms with Crippen molar-refractivity contribution in [2.45, 2.75) is 6.23 Å². The molecule has 3 rings (SSSR count). The van der Waals surface area contributed by atoms with Crippen molar-refractivity contribution in [3.05, 3.63) is 63.7 Å². The molecule has 0 fully saturated rings. The summed E-state index contributed by atoms with van der Waals surface area (Å²) in [7, 11) is 1.42. The van der Waals surface area contributed by atoms with Gasteiger partial charge in [-0.2, -0.15) is 0 Å². The molecule has 1 N–H and O–H groups in total. The van der Waals surface area contributed by atoms with Crippen LogP contribution in [0.5, 0.6) is 5.75 Å². The number of ether oxygens (including phenoxy) is 2. The average Bonchev–Trinajstić information content (AvgIpc) is 2.84. The number of nitrogens with one attached hydrogen (secondary N) is 1. The first kappa shape index (κ1) is 13.9. The van der Waals surface area contributed by atoms with Gasteiger partial charge in [-0.05, 0) is 12.1 Å². The molecule has 7 nitrogen and oxygen atoms in total. The minimum absolute atomic E-state index is 0.0776. The van der Waals surface area contributed by atoms with E-state index in [0.717, 1.165) is 0 Å². The zero-order chi connectivity index (χ0) is 15.7. The standard InChI is InChI=1S/C15H12N2O5/c1-21-13-8-9(17(19)20)6-7-12(13)16-14-10-4-2-3-5-11(10)15(18)22-14/h2-8,14,16H,1H3/t14-/m0/s1. The smallest absolute Gasteiger partial charge is 0.340 e. The van der Waals surface area contributed by atoms with Gasteiger partial charge in [-0.15, -0.1) is 0 Å². The number of carbonyl (C=O) groups is 1. The molecular weight excluding hydrogens is 288 g/mol. The SMILES string of the molecule is COc1cc([N+](=O)[O-])ccc1N[C@H]1OC(=O)c2ccccc21. The normalized spacial score (nSPS) is 15.9. The molecule has 0 bridgehead atoms. The number of cyclic esters (lactones) is 1. The van der Waals surface area contributed by atoms with Crippen LogP contribution in [-0.4, -0.2) is 18.0 Å². The van der Waals surface area contributed by atoms with E-state index < -0.39 is 17.1 Å². The highest BCUT2D eigenvalue weighted by molar-refractivity contribution is 5.94. The number of carbonyl (C=O) groups excluding carboxylic acids is 1. The molecule has 1 atom stereocenters. The lowest BCUT2D eigenvalue weighted by molar-refractivity contribution is -0.384. The second kappa shape index (κ2) is 5.36. The highest BCUT2D eigenvalue weighted by atomic mass is 16.6. The molecule has 2 aromatic rings. The van der Waals surface area contributed by atoms with Crippen LogP contribution in [0.25, 0.3) is 0 Å². The number of nitrogens with zero attached hydrogens (tertiary/aromatic N) is 1. The number of hydrogen-bond donors (Lipinski definition) is 1. The number of fused-ring (bicyclic) bond motifs is 1. The van der Waals surface area contributed by atoms with E-state index in [4.69, 9.17) is 9.47 Å². The highest BCUT2D eigenvalue weighted by Gasteiger charge is 2.31. The largest absolute Gasteiger partial charge is 0.494 e. The van der Waals surface area contributed by atoms with Crippen molar-refractivity contribution in [3.63, 3.8) is 0 Å². The Bertz CT molecular complexity index is 759. The van der Waals surface area contributed by atoms with Crippen LogP contribution < -0.4 is 10.1 Å². The van der Waals surface area contributed by atoms with Gasteiger partial charge in [0.1, 0.15) is 5.75 Å². The van der Waals surface area contributed by atoms with Crippen molar-refractivity contribution in [2.75, 3.05) is 12.4 Å². The summed E-state index contributed by atoms with van der Waals surface area (Å²) in [6.45, 7) is 0. The van der Waals surface area contributed by atoms with Gasteiger partial charge in [0.25, 0.3) is 5.69 Å². The number of anilines is 1. The van der Waals surface area contributed by atoms with E-state index in [1.54, 1.807) is 18.2 Å². The molecule has 112 valence electrons. The van der Waals surface area contributed by atoms with Gasteiger partial charge in [-0.3, -0.25) is 10.1 Å². The molecule has 7 heteroatoms. The first-order valence-corrected chi connectivity index (χ1v) is 6.49.